The predicted molar refractivity (Wildman–Crippen MR) is 58.5 cm³/mol. The molecule has 4 N–H and O–H groups in total. The van der Waals surface area contributed by atoms with Crippen LogP contribution in [0.25, 0.3) is 0 Å². The number of carbonyl (C=O) groups excluding carboxylic acids is 1. The van der Waals surface area contributed by atoms with Gasteiger partial charge in [0.25, 0.3) is 0 Å². The van der Waals surface area contributed by atoms with Crippen LogP contribution in [0.15, 0.2) is 24.3 Å². The summed E-state index contributed by atoms with van der Waals surface area (Å²) in [6, 6.07) is 6.44. The molecule has 4 nitrogen and oxygen atoms in total. The first-order chi connectivity index (χ1) is 7.09. The summed E-state index contributed by atoms with van der Waals surface area (Å²) in [5.74, 6) is 0.104. The maximum Gasteiger partial charge on any atom is 0.236 e. The normalized spacial score (nSPS) is 12.1. The molecule has 0 spiro atoms. The van der Waals surface area contributed by atoms with Crippen molar-refractivity contribution in [3.8, 4) is 5.75 Å². The van der Waals surface area contributed by atoms with E-state index in [0.717, 1.165) is 12.0 Å². The average Bonchev–Trinajstić information content (AvgIpc) is 2.20. The molecule has 1 amide bonds. The van der Waals surface area contributed by atoms with Gasteiger partial charge in [-0.15, -0.1) is 0 Å². The van der Waals surface area contributed by atoms with E-state index < -0.39 is 6.04 Å². The minimum atomic E-state index is -0.468. The number of phenols is 1. The van der Waals surface area contributed by atoms with Crippen molar-refractivity contribution in [2.24, 2.45) is 5.73 Å². The third-order valence-electron chi connectivity index (χ3n) is 2.06. The van der Waals surface area contributed by atoms with Gasteiger partial charge in [0.1, 0.15) is 5.75 Å². The van der Waals surface area contributed by atoms with Gasteiger partial charge in [0.05, 0.1) is 6.04 Å². The Labute approximate surface area is 89.1 Å². The minimum Gasteiger partial charge on any atom is -0.508 e. The van der Waals surface area contributed by atoms with E-state index in [1.165, 1.54) is 0 Å². The molecule has 0 radical (unpaired) electrons. The number of phenolic OH excluding ortho intramolecular Hbond substituents is 1. The van der Waals surface area contributed by atoms with E-state index in [9.17, 15) is 4.79 Å². The number of aromatic hydroxyl groups is 1. The molecule has 1 atom stereocenters. The summed E-state index contributed by atoms with van der Waals surface area (Å²) in [5, 5.41) is 11.8. The smallest absolute Gasteiger partial charge is 0.236 e. The standard InChI is InChI=1S/C11H16N2O2/c1-8(12)11(15)13-7-6-9-2-4-10(14)5-3-9/h2-5,8,14H,6-7,12H2,1H3,(H,13,15)/t8-/m1/s1. The van der Waals surface area contributed by atoms with Gasteiger partial charge in [-0.2, -0.15) is 0 Å². The molecule has 0 unspecified atom stereocenters. The predicted octanol–water partition coefficient (Wildman–Crippen LogP) is 0.398. The molecule has 15 heavy (non-hydrogen) atoms. The molecule has 1 rings (SSSR count). The first kappa shape index (κ1) is 11.5. The zero-order valence-corrected chi connectivity index (χ0v) is 8.73. The summed E-state index contributed by atoms with van der Waals surface area (Å²) < 4.78 is 0. The lowest BCUT2D eigenvalue weighted by Gasteiger charge is -2.07. The molecule has 0 aliphatic rings. The van der Waals surface area contributed by atoms with Crippen LogP contribution < -0.4 is 11.1 Å². The molecule has 1 aromatic carbocycles. The summed E-state index contributed by atoms with van der Waals surface area (Å²) in [5.41, 5.74) is 6.46. The Morgan fingerprint density at radius 2 is 2.07 bits per heavy atom. The van der Waals surface area contributed by atoms with Crippen molar-refractivity contribution in [3.05, 3.63) is 29.8 Å². The number of nitrogens with one attached hydrogen (secondary N) is 1. The summed E-state index contributed by atoms with van der Waals surface area (Å²) in [6.07, 6.45) is 0.735. The van der Waals surface area contributed by atoms with E-state index >= 15 is 0 Å². The van der Waals surface area contributed by atoms with Crippen molar-refractivity contribution >= 4 is 5.91 Å². The van der Waals surface area contributed by atoms with Gasteiger partial charge < -0.3 is 16.2 Å². The van der Waals surface area contributed by atoms with Gasteiger partial charge >= 0.3 is 0 Å². The van der Waals surface area contributed by atoms with E-state index in [0.29, 0.717) is 6.54 Å². The molecule has 1 aromatic rings. The zero-order valence-electron chi connectivity index (χ0n) is 8.73. The highest BCUT2D eigenvalue weighted by Crippen LogP contribution is 2.09. The topological polar surface area (TPSA) is 75.4 Å². The van der Waals surface area contributed by atoms with E-state index in [-0.39, 0.29) is 11.7 Å². The van der Waals surface area contributed by atoms with Crippen LogP contribution in [0, 0.1) is 0 Å². The van der Waals surface area contributed by atoms with Crippen molar-refractivity contribution in [3.63, 3.8) is 0 Å². The fraction of sp³-hybridized carbons (Fsp3) is 0.364. The van der Waals surface area contributed by atoms with Crippen LogP contribution in [-0.2, 0) is 11.2 Å². The Bertz CT molecular complexity index is 320. The summed E-state index contributed by atoms with van der Waals surface area (Å²) >= 11 is 0. The molecular weight excluding hydrogens is 192 g/mol. The highest BCUT2D eigenvalue weighted by atomic mass is 16.3. The molecule has 0 saturated heterocycles. The Kier molecular flexibility index (Phi) is 4.12. The van der Waals surface area contributed by atoms with Crippen LogP contribution in [-0.4, -0.2) is 23.6 Å². The van der Waals surface area contributed by atoms with Gasteiger partial charge in [-0.3, -0.25) is 4.79 Å². The van der Waals surface area contributed by atoms with Crippen molar-refractivity contribution in [2.45, 2.75) is 19.4 Å². The van der Waals surface area contributed by atoms with Gasteiger partial charge in [-0.1, -0.05) is 12.1 Å². The second-order valence-electron chi connectivity index (χ2n) is 3.50. The van der Waals surface area contributed by atoms with E-state index in [4.69, 9.17) is 10.8 Å². The van der Waals surface area contributed by atoms with Gasteiger partial charge in [0.2, 0.25) is 5.91 Å². The zero-order chi connectivity index (χ0) is 11.3. The van der Waals surface area contributed by atoms with Gasteiger partial charge in [-0.05, 0) is 31.0 Å². The maximum atomic E-state index is 11.1. The van der Waals surface area contributed by atoms with E-state index in [2.05, 4.69) is 5.32 Å². The Morgan fingerprint density at radius 1 is 1.47 bits per heavy atom. The van der Waals surface area contributed by atoms with Crippen molar-refractivity contribution in [2.75, 3.05) is 6.54 Å². The average molecular weight is 208 g/mol. The van der Waals surface area contributed by atoms with Crippen LogP contribution in [0.5, 0.6) is 5.75 Å². The number of benzene rings is 1. The van der Waals surface area contributed by atoms with Crippen LogP contribution in [0.4, 0.5) is 0 Å². The second-order valence-corrected chi connectivity index (χ2v) is 3.50. The van der Waals surface area contributed by atoms with E-state index in [1.54, 1.807) is 19.1 Å². The van der Waals surface area contributed by atoms with Crippen molar-refractivity contribution in [1.82, 2.24) is 5.32 Å². The molecular formula is C11H16N2O2. The second kappa shape index (κ2) is 5.36. The first-order valence-corrected chi connectivity index (χ1v) is 4.91. The van der Waals surface area contributed by atoms with Crippen molar-refractivity contribution in [1.29, 1.82) is 0 Å². The number of nitrogens with two attached hydrogens (primary N) is 1. The molecule has 82 valence electrons. The molecule has 0 aromatic heterocycles. The van der Waals surface area contributed by atoms with Crippen molar-refractivity contribution < 1.29 is 9.90 Å². The summed E-state index contributed by atoms with van der Waals surface area (Å²) in [6.45, 7) is 2.21. The Balaban J connectivity index is 2.32. The molecule has 0 heterocycles. The highest BCUT2D eigenvalue weighted by Gasteiger charge is 2.05. The quantitative estimate of drug-likeness (QED) is 0.670. The summed E-state index contributed by atoms with van der Waals surface area (Å²) in [7, 11) is 0. The number of hydrogen-bond donors (Lipinski definition) is 3. The van der Waals surface area contributed by atoms with Gasteiger partial charge in [0, 0.05) is 6.54 Å². The third kappa shape index (κ3) is 3.99. The SMILES string of the molecule is C[C@@H](N)C(=O)NCCc1ccc(O)cc1. The number of amides is 1. The Hall–Kier alpha value is -1.55. The largest absolute Gasteiger partial charge is 0.508 e. The van der Waals surface area contributed by atoms with E-state index in [1.807, 2.05) is 12.1 Å². The molecule has 0 bridgehead atoms. The monoisotopic (exact) mass is 208 g/mol. The first-order valence-electron chi connectivity index (χ1n) is 4.91. The lowest BCUT2D eigenvalue weighted by molar-refractivity contribution is -0.121. The lowest BCUT2D eigenvalue weighted by atomic mass is 10.1. The molecule has 0 fully saturated rings. The number of carbonyl (C=O) groups is 1. The van der Waals surface area contributed by atoms with Crippen LogP contribution in [0.1, 0.15) is 12.5 Å². The van der Waals surface area contributed by atoms with Gasteiger partial charge in [-0.25, -0.2) is 0 Å². The van der Waals surface area contributed by atoms with Gasteiger partial charge in [0.15, 0.2) is 0 Å². The highest BCUT2D eigenvalue weighted by molar-refractivity contribution is 5.80. The minimum absolute atomic E-state index is 0.145. The fourth-order valence-corrected chi connectivity index (χ4v) is 1.15. The number of rotatable bonds is 4. The number of hydrogen-bond acceptors (Lipinski definition) is 3. The van der Waals surface area contributed by atoms with Crippen LogP contribution in [0.2, 0.25) is 0 Å². The molecule has 0 aliphatic carbocycles. The molecule has 4 heteroatoms. The summed E-state index contributed by atoms with van der Waals surface area (Å²) in [4.78, 5) is 11.1. The Morgan fingerprint density at radius 3 is 2.60 bits per heavy atom. The maximum absolute atomic E-state index is 11.1. The third-order valence-corrected chi connectivity index (χ3v) is 2.06. The molecule has 0 aliphatic heterocycles. The van der Waals surface area contributed by atoms with Crippen LogP contribution in [0.3, 0.4) is 0 Å². The van der Waals surface area contributed by atoms with Crippen LogP contribution >= 0.6 is 0 Å². The lowest BCUT2D eigenvalue weighted by Crippen LogP contribution is -2.39. The molecule has 0 saturated carbocycles. The fourth-order valence-electron chi connectivity index (χ4n) is 1.15.